The minimum Gasteiger partial charge on any atom is -0.315 e. The van der Waals surface area contributed by atoms with Crippen LogP contribution in [-0.2, 0) is 11.8 Å². The van der Waals surface area contributed by atoms with Crippen LogP contribution in [0.15, 0.2) is 36.7 Å². The lowest BCUT2D eigenvalue weighted by Crippen LogP contribution is -2.28. The van der Waals surface area contributed by atoms with E-state index in [-0.39, 0.29) is 17.7 Å². The number of benzene rings is 1. The van der Waals surface area contributed by atoms with Crippen molar-refractivity contribution in [3.63, 3.8) is 0 Å². The lowest BCUT2D eigenvalue weighted by atomic mass is 10.1. The normalized spacial score (nSPS) is 19.9. The lowest BCUT2D eigenvalue weighted by Gasteiger charge is -2.17. The van der Waals surface area contributed by atoms with Crippen LogP contribution in [0, 0.1) is 17.2 Å². The molecule has 1 aliphatic carbocycles. The zero-order chi connectivity index (χ0) is 15.0. The minimum absolute atomic E-state index is 0.0185. The zero-order valence-corrected chi connectivity index (χ0v) is 12.0. The number of rotatable bonds is 3. The van der Waals surface area contributed by atoms with Crippen LogP contribution in [0.5, 0.6) is 0 Å². The minimum atomic E-state index is 0.0185. The van der Waals surface area contributed by atoms with E-state index in [0.29, 0.717) is 5.56 Å². The average molecular weight is 280 g/mol. The molecule has 0 radical (unpaired) electrons. The van der Waals surface area contributed by atoms with Gasteiger partial charge in [0.25, 0.3) is 0 Å². The van der Waals surface area contributed by atoms with E-state index in [2.05, 4.69) is 11.2 Å². The molecule has 2 atom stereocenters. The predicted octanol–water partition coefficient (Wildman–Crippen LogP) is 2.06. The SMILES string of the molecule is CN(C(=O)[C@H]1C[C@@H]1c1cnn(C)c1)c1cccc(C#N)c1. The second-order valence-electron chi connectivity index (χ2n) is 5.46. The largest absolute Gasteiger partial charge is 0.315 e. The van der Waals surface area contributed by atoms with E-state index < -0.39 is 0 Å². The molecule has 1 fully saturated rings. The zero-order valence-electron chi connectivity index (χ0n) is 12.0. The van der Waals surface area contributed by atoms with Crippen molar-refractivity contribution in [3.8, 4) is 6.07 Å². The molecule has 0 bridgehead atoms. The van der Waals surface area contributed by atoms with Crippen LogP contribution < -0.4 is 4.90 Å². The molecule has 1 aromatic heterocycles. The van der Waals surface area contributed by atoms with E-state index >= 15 is 0 Å². The highest BCUT2D eigenvalue weighted by atomic mass is 16.2. The van der Waals surface area contributed by atoms with Crippen molar-refractivity contribution < 1.29 is 4.79 Å². The summed E-state index contributed by atoms with van der Waals surface area (Å²) in [5.41, 5.74) is 2.44. The fourth-order valence-corrected chi connectivity index (χ4v) is 2.63. The highest BCUT2D eigenvalue weighted by Gasteiger charge is 2.46. The molecule has 1 aliphatic rings. The first-order valence-electron chi connectivity index (χ1n) is 6.86. The molecule has 0 spiro atoms. The van der Waals surface area contributed by atoms with Gasteiger partial charge < -0.3 is 4.90 Å². The number of amides is 1. The third-order valence-electron chi connectivity index (χ3n) is 3.95. The maximum atomic E-state index is 12.5. The molecule has 1 heterocycles. The molecule has 2 aromatic rings. The van der Waals surface area contributed by atoms with Crippen molar-refractivity contribution in [2.75, 3.05) is 11.9 Å². The Morgan fingerprint density at radius 1 is 1.52 bits per heavy atom. The molecule has 5 heteroatoms. The van der Waals surface area contributed by atoms with Crippen molar-refractivity contribution >= 4 is 11.6 Å². The molecule has 1 saturated carbocycles. The Kier molecular flexibility index (Phi) is 3.22. The molecule has 0 unspecified atom stereocenters. The molecular weight excluding hydrogens is 264 g/mol. The van der Waals surface area contributed by atoms with Crippen LogP contribution in [0.1, 0.15) is 23.5 Å². The summed E-state index contributed by atoms with van der Waals surface area (Å²) in [4.78, 5) is 14.2. The van der Waals surface area contributed by atoms with Gasteiger partial charge in [0.1, 0.15) is 0 Å². The second-order valence-corrected chi connectivity index (χ2v) is 5.46. The third kappa shape index (κ3) is 2.52. The molecule has 21 heavy (non-hydrogen) atoms. The highest BCUT2D eigenvalue weighted by Crippen LogP contribution is 2.48. The van der Waals surface area contributed by atoms with E-state index in [0.717, 1.165) is 17.7 Å². The van der Waals surface area contributed by atoms with Gasteiger partial charge in [-0.15, -0.1) is 0 Å². The second kappa shape index (κ2) is 5.06. The summed E-state index contributed by atoms with van der Waals surface area (Å²) >= 11 is 0. The summed E-state index contributed by atoms with van der Waals surface area (Å²) < 4.78 is 1.76. The predicted molar refractivity (Wildman–Crippen MR) is 78.6 cm³/mol. The fourth-order valence-electron chi connectivity index (χ4n) is 2.63. The molecular formula is C16H16N4O. The van der Waals surface area contributed by atoms with E-state index in [1.165, 1.54) is 0 Å². The highest BCUT2D eigenvalue weighted by molar-refractivity contribution is 5.97. The maximum Gasteiger partial charge on any atom is 0.230 e. The van der Waals surface area contributed by atoms with Crippen LogP contribution >= 0.6 is 0 Å². The van der Waals surface area contributed by atoms with Gasteiger partial charge in [0.05, 0.1) is 17.8 Å². The Bertz CT molecular complexity index is 728. The molecule has 3 rings (SSSR count). The first-order valence-corrected chi connectivity index (χ1v) is 6.86. The number of carbonyl (C=O) groups is 1. The number of hydrogen-bond acceptors (Lipinski definition) is 3. The van der Waals surface area contributed by atoms with E-state index in [1.54, 1.807) is 34.8 Å². The van der Waals surface area contributed by atoms with Crippen molar-refractivity contribution in [1.29, 1.82) is 5.26 Å². The van der Waals surface area contributed by atoms with Gasteiger partial charge in [-0.25, -0.2) is 0 Å². The molecule has 5 nitrogen and oxygen atoms in total. The summed E-state index contributed by atoms with van der Waals surface area (Å²) in [6.07, 6.45) is 4.66. The molecule has 1 amide bonds. The fraction of sp³-hybridized carbons (Fsp3) is 0.312. The van der Waals surface area contributed by atoms with Gasteiger partial charge in [0.2, 0.25) is 5.91 Å². The molecule has 106 valence electrons. The van der Waals surface area contributed by atoms with Crippen molar-refractivity contribution in [2.45, 2.75) is 12.3 Å². The summed E-state index contributed by atoms with van der Waals surface area (Å²) in [5, 5.41) is 13.1. The van der Waals surface area contributed by atoms with Crippen LogP contribution in [-0.4, -0.2) is 22.7 Å². The van der Waals surface area contributed by atoms with E-state index in [4.69, 9.17) is 5.26 Å². The van der Waals surface area contributed by atoms with Crippen LogP contribution in [0.3, 0.4) is 0 Å². The van der Waals surface area contributed by atoms with Gasteiger partial charge in [0, 0.05) is 31.9 Å². The first-order chi connectivity index (χ1) is 10.1. The number of aromatic nitrogens is 2. The summed E-state index contributed by atoms with van der Waals surface area (Å²) in [6, 6.07) is 9.21. The quantitative estimate of drug-likeness (QED) is 0.864. The van der Waals surface area contributed by atoms with Crippen LogP contribution in [0.25, 0.3) is 0 Å². The third-order valence-corrected chi connectivity index (χ3v) is 3.95. The summed E-state index contributed by atoms with van der Waals surface area (Å²) in [5.74, 6) is 0.386. The number of carbonyl (C=O) groups excluding carboxylic acids is 1. The van der Waals surface area contributed by atoms with Gasteiger partial charge in [0.15, 0.2) is 0 Å². The van der Waals surface area contributed by atoms with Crippen molar-refractivity contribution in [1.82, 2.24) is 9.78 Å². The molecule has 0 N–H and O–H groups in total. The number of aryl methyl sites for hydroxylation is 1. The summed E-state index contributed by atoms with van der Waals surface area (Å²) in [6.45, 7) is 0. The van der Waals surface area contributed by atoms with Gasteiger partial charge in [-0.05, 0) is 36.1 Å². The number of nitrogens with zero attached hydrogens (tertiary/aromatic N) is 4. The van der Waals surface area contributed by atoms with Gasteiger partial charge in [-0.3, -0.25) is 9.48 Å². The Hall–Kier alpha value is -2.61. The first kappa shape index (κ1) is 13.4. The van der Waals surface area contributed by atoms with Crippen molar-refractivity contribution in [2.24, 2.45) is 13.0 Å². The standard InChI is InChI=1S/C16H16N4O/c1-19-10-12(9-18-19)14-7-15(14)16(21)20(2)13-5-3-4-11(6-13)8-17/h3-6,9-10,14-15H,7H2,1-2H3/t14-,15+/m1/s1. The molecule has 0 aliphatic heterocycles. The Morgan fingerprint density at radius 3 is 3.00 bits per heavy atom. The number of anilines is 1. The Morgan fingerprint density at radius 2 is 2.33 bits per heavy atom. The van der Waals surface area contributed by atoms with Crippen molar-refractivity contribution in [3.05, 3.63) is 47.8 Å². The Balaban J connectivity index is 1.73. The lowest BCUT2D eigenvalue weighted by molar-refractivity contribution is -0.119. The maximum absolute atomic E-state index is 12.5. The van der Waals surface area contributed by atoms with Crippen LogP contribution in [0.2, 0.25) is 0 Å². The Labute approximate surface area is 123 Å². The van der Waals surface area contributed by atoms with Gasteiger partial charge >= 0.3 is 0 Å². The number of nitriles is 1. The van der Waals surface area contributed by atoms with Gasteiger partial charge in [-0.1, -0.05) is 6.07 Å². The average Bonchev–Trinajstić information content (AvgIpc) is 3.20. The van der Waals surface area contributed by atoms with E-state index in [1.807, 2.05) is 25.5 Å². The van der Waals surface area contributed by atoms with Crippen LogP contribution in [0.4, 0.5) is 5.69 Å². The molecule has 0 saturated heterocycles. The summed E-state index contributed by atoms with van der Waals surface area (Å²) in [7, 11) is 3.64. The van der Waals surface area contributed by atoms with Gasteiger partial charge in [-0.2, -0.15) is 10.4 Å². The smallest absolute Gasteiger partial charge is 0.230 e. The monoisotopic (exact) mass is 280 g/mol. The molecule has 1 aromatic carbocycles. The van der Waals surface area contributed by atoms with E-state index in [9.17, 15) is 4.79 Å². The topological polar surface area (TPSA) is 61.9 Å². The number of hydrogen-bond donors (Lipinski definition) is 0.